The highest BCUT2D eigenvalue weighted by atomic mass is 32.1. The maximum absolute atomic E-state index is 13.1. The van der Waals surface area contributed by atoms with Gasteiger partial charge in [0.25, 0.3) is 5.91 Å². The van der Waals surface area contributed by atoms with Gasteiger partial charge in [-0.2, -0.15) is 0 Å². The minimum atomic E-state index is -0.311. The Labute approximate surface area is 159 Å². The summed E-state index contributed by atoms with van der Waals surface area (Å²) in [4.78, 5) is 33.4. The number of Topliss-reactive ketones (excluding diaryl/α,β-unsaturated/α-hetero) is 1. The SMILES string of the molecule is Cc1sc(NC(=O)c2[nH]c3c(c2C)C(=O)CCC3)nc1-c1ccc(F)cc1. The second-order valence-electron chi connectivity index (χ2n) is 6.64. The monoisotopic (exact) mass is 383 g/mol. The van der Waals surface area contributed by atoms with Crippen LogP contribution in [-0.2, 0) is 6.42 Å². The van der Waals surface area contributed by atoms with Crippen LogP contribution in [0.5, 0.6) is 0 Å². The van der Waals surface area contributed by atoms with Crippen molar-refractivity contribution in [3.8, 4) is 11.3 Å². The van der Waals surface area contributed by atoms with Gasteiger partial charge in [0.05, 0.1) is 5.69 Å². The van der Waals surface area contributed by atoms with Gasteiger partial charge in [0.2, 0.25) is 0 Å². The Balaban J connectivity index is 1.60. The first-order valence-corrected chi connectivity index (χ1v) is 9.55. The largest absolute Gasteiger partial charge is 0.354 e. The molecule has 0 saturated carbocycles. The molecule has 1 amide bonds. The van der Waals surface area contributed by atoms with Crippen molar-refractivity contribution in [2.75, 3.05) is 5.32 Å². The lowest BCUT2D eigenvalue weighted by molar-refractivity contribution is 0.0971. The van der Waals surface area contributed by atoms with Crippen LogP contribution in [0.3, 0.4) is 0 Å². The molecule has 0 spiro atoms. The maximum Gasteiger partial charge on any atom is 0.274 e. The molecule has 1 aliphatic carbocycles. The number of ketones is 1. The number of benzene rings is 1. The van der Waals surface area contributed by atoms with Crippen molar-refractivity contribution in [1.29, 1.82) is 0 Å². The minimum Gasteiger partial charge on any atom is -0.354 e. The summed E-state index contributed by atoms with van der Waals surface area (Å²) in [6, 6.07) is 6.10. The zero-order valence-corrected chi connectivity index (χ0v) is 15.8. The van der Waals surface area contributed by atoms with Crippen molar-refractivity contribution in [2.24, 2.45) is 0 Å². The molecule has 2 heterocycles. The molecule has 27 heavy (non-hydrogen) atoms. The molecule has 138 valence electrons. The van der Waals surface area contributed by atoms with E-state index in [1.165, 1.54) is 23.5 Å². The van der Waals surface area contributed by atoms with Gasteiger partial charge < -0.3 is 4.98 Å². The van der Waals surface area contributed by atoms with E-state index < -0.39 is 0 Å². The van der Waals surface area contributed by atoms with Crippen molar-refractivity contribution in [3.05, 3.63) is 57.5 Å². The Morgan fingerprint density at radius 1 is 1.22 bits per heavy atom. The number of carbonyl (C=O) groups is 2. The first-order chi connectivity index (χ1) is 12.9. The number of aryl methyl sites for hydroxylation is 2. The van der Waals surface area contributed by atoms with Crippen molar-refractivity contribution in [2.45, 2.75) is 33.1 Å². The Hall–Kier alpha value is -2.80. The Bertz CT molecular complexity index is 1050. The molecule has 2 N–H and O–H groups in total. The predicted molar refractivity (Wildman–Crippen MR) is 103 cm³/mol. The Kier molecular flexibility index (Phi) is 4.39. The lowest BCUT2D eigenvalue weighted by atomic mass is 9.94. The summed E-state index contributed by atoms with van der Waals surface area (Å²) < 4.78 is 13.1. The molecule has 3 aromatic rings. The van der Waals surface area contributed by atoms with E-state index in [0.29, 0.717) is 34.1 Å². The summed E-state index contributed by atoms with van der Waals surface area (Å²) in [7, 11) is 0. The fourth-order valence-corrected chi connectivity index (χ4v) is 4.32. The number of thiazole rings is 1. The van der Waals surface area contributed by atoms with Crippen LogP contribution in [0, 0.1) is 19.7 Å². The number of carbonyl (C=O) groups excluding carboxylic acids is 2. The molecular formula is C20H18FN3O2S. The molecule has 0 bridgehead atoms. The van der Waals surface area contributed by atoms with Crippen LogP contribution in [0.1, 0.15) is 49.8 Å². The molecule has 0 aliphatic heterocycles. The van der Waals surface area contributed by atoms with E-state index in [-0.39, 0.29) is 17.5 Å². The molecule has 0 atom stereocenters. The molecule has 0 unspecified atom stereocenters. The van der Waals surface area contributed by atoms with E-state index in [2.05, 4.69) is 15.3 Å². The number of nitrogens with zero attached hydrogens (tertiary/aromatic N) is 1. The van der Waals surface area contributed by atoms with E-state index >= 15 is 0 Å². The average molecular weight is 383 g/mol. The second-order valence-corrected chi connectivity index (χ2v) is 7.84. The lowest BCUT2D eigenvalue weighted by Gasteiger charge is -2.09. The highest BCUT2D eigenvalue weighted by molar-refractivity contribution is 7.16. The number of hydrogen-bond donors (Lipinski definition) is 2. The van der Waals surface area contributed by atoms with Gasteiger partial charge in [-0.3, -0.25) is 14.9 Å². The third-order valence-electron chi connectivity index (χ3n) is 4.80. The smallest absolute Gasteiger partial charge is 0.274 e. The summed E-state index contributed by atoms with van der Waals surface area (Å²) >= 11 is 1.36. The predicted octanol–water partition coefficient (Wildman–Crippen LogP) is 4.67. The molecule has 1 aliphatic rings. The van der Waals surface area contributed by atoms with Gasteiger partial charge in [0.15, 0.2) is 10.9 Å². The van der Waals surface area contributed by atoms with E-state index in [1.807, 2.05) is 6.92 Å². The minimum absolute atomic E-state index is 0.0905. The number of nitrogens with one attached hydrogen (secondary N) is 2. The number of hydrogen-bond acceptors (Lipinski definition) is 4. The van der Waals surface area contributed by atoms with Gasteiger partial charge >= 0.3 is 0 Å². The molecule has 2 aromatic heterocycles. The molecular weight excluding hydrogens is 365 g/mol. The number of aromatic nitrogens is 2. The van der Waals surface area contributed by atoms with Gasteiger partial charge in [0.1, 0.15) is 11.5 Å². The number of fused-ring (bicyclic) bond motifs is 1. The van der Waals surface area contributed by atoms with Crippen LogP contribution in [-0.4, -0.2) is 21.7 Å². The van der Waals surface area contributed by atoms with E-state index in [4.69, 9.17) is 0 Å². The molecule has 7 heteroatoms. The summed E-state index contributed by atoms with van der Waals surface area (Å²) in [6.07, 6.45) is 2.11. The summed E-state index contributed by atoms with van der Waals surface area (Å²) in [6.45, 7) is 3.70. The highest BCUT2D eigenvalue weighted by Crippen LogP contribution is 2.31. The Morgan fingerprint density at radius 2 is 1.96 bits per heavy atom. The third-order valence-corrected chi connectivity index (χ3v) is 5.69. The van der Waals surface area contributed by atoms with Crippen LogP contribution < -0.4 is 5.32 Å². The number of rotatable bonds is 3. The lowest BCUT2D eigenvalue weighted by Crippen LogP contribution is -2.13. The van der Waals surface area contributed by atoms with Gasteiger partial charge in [-0.05, 0) is 56.5 Å². The zero-order chi connectivity index (χ0) is 19.1. The second kappa shape index (κ2) is 6.74. The fraction of sp³-hybridized carbons (Fsp3) is 0.250. The van der Waals surface area contributed by atoms with Crippen LogP contribution in [0.2, 0.25) is 0 Å². The van der Waals surface area contributed by atoms with Gasteiger partial charge in [-0.1, -0.05) is 0 Å². The standard InChI is InChI=1S/C20H18FN3O2S/c1-10-16-14(4-3-5-15(16)25)22-17(10)19(26)24-20-23-18(11(2)27-20)12-6-8-13(21)9-7-12/h6-9,22H,3-5H2,1-2H3,(H,23,24,26). The number of anilines is 1. The first-order valence-electron chi connectivity index (χ1n) is 8.73. The van der Waals surface area contributed by atoms with Crippen molar-refractivity contribution >= 4 is 28.2 Å². The number of aromatic amines is 1. The number of H-pyrrole nitrogens is 1. The normalized spacial score (nSPS) is 13.5. The summed E-state index contributed by atoms with van der Waals surface area (Å²) in [5.41, 5.74) is 4.12. The molecule has 4 rings (SSSR count). The average Bonchev–Trinajstić information content (AvgIpc) is 3.16. The van der Waals surface area contributed by atoms with Crippen LogP contribution in [0.25, 0.3) is 11.3 Å². The van der Waals surface area contributed by atoms with Gasteiger partial charge in [-0.25, -0.2) is 9.37 Å². The van der Waals surface area contributed by atoms with E-state index in [0.717, 1.165) is 29.0 Å². The van der Waals surface area contributed by atoms with Crippen LogP contribution in [0.4, 0.5) is 9.52 Å². The molecule has 0 fully saturated rings. The van der Waals surface area contributed by atoms with Crippen molar-refractivity contribution in [1.82, 2.24) is 9.97 Å². The first kappa shape index (κ1) is 17.6. The van der Waals surface area contributed by atoms with Crippen LogP contribution in [0.15, 0.2) is 24.3 Å². The topological polar surface area (TPSA) is 74.8 Å². The van der Waals surface area contributed by atoms with Crippen LogP contribution >= 0.6 is 11.3 Å². The summed E-state index contributed by atoms with van der Waals surface area (Å²) in [5, 5.41) is 3.28. The van der Waals surface area contributed by atoms with Gasteiger partial charge in [-0.15, -0.1) is 11.3 Å². The van der Waals surface area contributed by atoms with E-state index in [1.54, 1.807) is 19.1 Å². The van der Waals surface area contributed by atoms with E-state index in [9.17, 15) is 14.0 Å². The maximum atomic E-state index is 13.1. The number of amides is 1. The number of halogens is 1. The third kappa shape index (κ3) is 3.19. The van der Waals surface area contributed by atoms with Gasteiger partial charge in [0, 0.05) is 28.1 Å². The summed E-state index contributed by atoms with van der Waals surface area (Å²) in [5.74, 6) is -0.525. The highest BCUT2D eigenvalue weighted by Gasteiger charge is 2.26. The Morgan fingerprint density at radius 3 is 2.67 bits per heavy atom. The quantitative estimate of drug-likeness (QED) is 0.690. The molecule has 0 radical (unpaired) electrons. The fourth-order valence-electron chi connectivity index (χ4n) is 3.49. The zero-order valence-electron chi connectivity index (χ0n) is 15.0. The molecule has 0 saturated heterocycles. The van der Waals surface area contributed by atoms with Crippen molar-refractivity contribution in [3.63, 3.8) is 0 Å². The molecule has 5 nitrogen and oxygen atoms in total. The van der Waals surface area contributed by atoms with Crippen molar-refractivity contribution < 1.29 is 14.0 Å². The molecule has 1 aromatic carbocycles.